The number of benzene rings is 1. The van der Waals surface area contributed by atoms with Crippen LogP contribution < -0.4 is 0 Å². The van der Waals surface area contributed by atoms with Crippen LogP contribution in [0.3, 0.4) is 0 Å². The molecule has 0 aliphatic carbocycles. The lowest BCUT2D eigenvalue weighted by molar-refractivity contribution is -0.137. The van der Waals surface area contributed by atoms with E-state index in [1.165, 1.54) is 0 Å². The molecule has 0 amide bonds. The van der Waals surface area contributed by atoms with Gasteiger partial charge in [-0.2, -0.15) is 0 Å². The Hall–Kier alpha value is -2.40. The molecule has 5 nitrogen and oxygen atoms in total. The lowest BCUT2D eigenvalue weighted by Gasteiger charge is -2.08. The Morgan fingerprint density at radius 2 is 2.00 bits per heavy atom. The van der Waals surface area contributed by atoms with Crippen molar-refractivity contribution in [1.82, 2.24) is 14.5 Å². The lowest BCUT2D eigenvalue weighted by atomic mass is 10.2. The van der Waals surface area contributed by atoms with Crippen LogP contribution in [0.2, 0.25) is 5.02 Å². The van der Waals surface area contributed by atoms with Crippen LogP contribution in [-0.4, -0.2) is 25.6 Å². The van der Waals surface area contributed by atoms with E-state index in [4.69, 9.17) is 16.7 Å². The molecule has 6 heteroatoms. The number of rotatable bonds is 5. The number of halogens is 1. The summed E-state index contributed by atoms with van der Waals surface area (Å²) in [5, 5.41) is 9.48. The third kappa shape index (κ3) is 2.94. The molecular weight excluding hydrogens is 302 g/mol. The van der Waals surface area contributed by atoms with Gasteiger partial charge >= 0.3 is 5.97 Å². The Balaban J connectivity index is 2.04. The van der Waals surface area contributed by atoms with E-state index in [0.29, 0.717) is 18.0 Å². The lowest BCUT2D eigenvalue weighted by Crippen LogP contribution is -2.04. The van der Waals surface area contributed by atoms with Gasteiger partial charge in [-0.15, -0.1) is 0 Å². The number of carboxylic acid groups (broad SMARTS) is 1. The molecule has 0 spiro atoms. The van der Waals surface area contributed by atoms with Gasteiger partial charge in [0.25, 0.3) is 0 Å². The number of hydrogen-bond acceptors (Lipinski definition) is 3. The van der Waals surface area contributed by atoms with Gasteiger partial charge < -0.3 is 9.67 Å². The number of nitrogens with zero attached hydrogens (tertiary/aromatic N) is 3. The standard InChI is InChI=1S/C16H14ClN3O2/c17-12-7-5-11(6-8-12)15-19-13-3-1-9-18-16(13)20(15)10-2-4-14(21)22/h1,3,5-9H,2,4,10H2,(H,21,22). The summed E-state index contributed by atoms with van der Waals surface area (Å²) in [5.41, 5.74) is 2.48. The molecule has 0 radical (unpaired) electrons. The van der Waals surface area contributed by atoms with Gasteiger partial charge in [-0.1, -0.05) is 11.6 Å². The molecule has 112 valence electrons. The molecule has 0 atom stereocenters. The number of pyridine rings is 1. The summed E-state index contributed by atoms with van der Waals surface area (Å²) in [4.78, 5) is 19.7. The summed E-state index contributed by atoms with van der Waals surface area (Å²) in [6.07, 6.45) is 2.36. The first-order chi connectivity index (χ1) is 10.6. The SMILES string of the molecule is O=C(O)CCCn1c(-c2ccc(Cl)cc2)nc2cccnc21. The van der Waals surface area contributed by atoms with Gasteiger partial charge in [-0.05, 0) is 42.8 Å². The fourth-order valence-electron chi connectivity index (χ4n) is 2.38. The van der Waals surface area contributed by atoms with Crippen molar-refractivity contribution in [2.75, 3.05) is 0 Å². The molecular formula is C16H14ClN3O2. The zero-order chi connectivity index (χ0) is 15.5. The van der Waals surface area contributed by atoms with Crippen LogP contribution in [0.4, 0.5) is 0 Å². The zero-order valence-corrected chi connectivity index (χ0v) is 12.5. The molecule has 22 heavy (non-hydrogen) atoms. The quantitative estimate of drug-likeness (QED) is 0.781. The third-order valence-corrected chi connectivity index (χ3v) is 3.63. The number of aliphatic carboxylic acids is 1. The first-order valence-corrected chi connectivity index (χ1v) is 7.32. The summed E-state index contributed by atoms with van der Waals surface area (Å²) in [6, 6.07) is 11.2. The van der Waals surface area contributed by atoms with Crippen molar-refractivity contribution in [2.45, 2.75) is 19.4 Å². The van der Waals surface area contributed by atoms with Crippen molar-refractivity contribution in [2.24, 2.45) is 0 Å². The predicted octanol–water partition coefficient (Wildman–Crippen LogP) is 3.62. The van der Waals surface area contributed by atoms with Gasteiger partial charge in [0.1, 0.15) is 11.3 Å². The second-order valence-corrected chi connectivity index (χ2v) is 5.37. The van der Waals surface area contributed by atoms with Crippen molar-refractivity contribution in [3.05, 3.63) is 47.6 Å². The second kappa shape index (κ2) is 6.15. The third-order valence-electron chi connectivity index (χ3n) is 3.38. The average Bonchev–Trinajstić information content (AvgIpc) is 2.87. The molecule has 3 aromatic rings. The van der Waals surface area contributed by atoms with Gasteiger partial charge in [0.15, 0.2) is 5.65 Å². The van der Waals surface area contributed by atoms with Gasteiger partial charge in [-0.3, -0.25) is 4.79 Å². The van der Waals surface area contributed by atoms with Crippen molar-refractivity contribution in [1.29, 1.82) is 0 Å². The van der Waals surface area contributed by atoms with E-state index in [1.807, 2.05) is 41.0 Å². The first kappa shape index (κ1) is 14.5. The van der Waals surface area contributed by atoms with E-state index >= 15 is 0 Å². The van der Waals surface area contributed by atoms with Crippen LogP contribution in [0.1, 0.15) is 12.8 Å². The van der Waals surface area contributed by atoms with Crippen LogP contribution in [-0.2, 0) is 11.3 Å². The maximum Gasteiger partial charge on any atom is 0.303 e. The summed E-state index contributed by atoms with van der Waals surface area (Å²) >= 11 is 5.93. The minimum absolute atomic E-state index is 0.118. The van der Waals surface area contributed by atoms with E-state index in [-0.39, 0.29) is 6.42 Å². The summed E-state index contributed by atoms with van der Waals surface area (Å²) in [5.74, 6) is -0.0267. The number of imidazole rings is 1. The molecule has 0 unspecified atom stereocenters. The van der Waals surface area contributed by atoms with Crippen LogP contribution in [0.25, 0.3) is 22.6 Å². The number of aromatic nitrogens is 3. The molecule has 0 bridgehead atoms. The summed E-state index contributed by atoms with van der Waals surface area (Å²) in [7, 11) is 0. The topological polar surface area (TPSA) is 68.0 Å². The van der Waals surface area contributed by atoms with E-state index in [9.17, 15) is 4.79 Å². The van der Waals surface area contributed by atoms with E-state index in [2.05, 4.69) is 9.97 Å². The highest BCUT2D eigenvalue weighted by molar-refractivity contribution is 6.30. The molecule has 0 aliphatic heterocycles. The monoisotopic (exact) mass is 315 g/mol. The van der Waals surface area contributed by atoms with Crippen LogP contribution in [0.5, 0.6) is 0 Å². The molecule has 3 rings (SSSR count). The predicted molar refractivity (Wildman–Crippen MR) is 84.8 cm³/mol. The highest BCUT2D eigenvalue weighted by atomic mass is 35.5. The normalized spacial score (nSPS) is 11.0. The summed E-state index contributed by atoms with van der Waals surface area (Å²) in [6.45, 7) is 0.553. The zero-order valence-electron chi connectivity index (χ0n) is 11.7. The molecule has 1 N–H and O–H groups in total. The molecule has 0 saturated carbocycles. The molecule has 2 aromatic heterocycles. The Labute approximate surface area is 132 Å². The Kier molecular flexibility index (Phi) is 4.06. The average molecular weight is 316 g/mol. The largest absolute Gasteiger partial charge is 0.481 e. The van der Waals surface area contributed by atoms with Gasteiger partial charge in [0.05, 0.1) is 0 Å². The minimum Gasteiger partial charge on any atom is -0.481 e. The Bertz CT molecular complexity index is 812. The smallest absolute Gasteiger partial charge is 0.303 e. The van der Waals surface area contributed by atoms with Crippen LogP contribution in [0.15, 0.2) is 42.6 Å². The molecule has 2 heterocycles. The fraction of sp³-hybridized carbons (Fsp3) is 0.188. The van der Waals surface area contributed by atoms with Crippen LogP contribution in [0, 0.1) is 0 Å². The van der Waals surface area contributed by atoms with Gasteiger partial charge in [0.2, 0.25) is 0 Å². The number of carbonyl (C=O) groups is 1. The Morgan fingerprint density at radius 3 is 2.73 bits per heavy atom. The molecule has 0 saturated heterocycles. The first-order valence-electron chi connectivity index (χ1n) is 6.94. The number of hydrogen-bond donors (Lipinski definition) is 1. The molecule has 0 aliphatic rings. The molecule has 1 aromatic carbocycles. The minimum atomic E-state index is -0.801. The number of aryl methyl sites for hydroxylation is 1. The Morgan fingerprint density at radius 1 is 1.23 bits per heavy atom. The highest BCUT2D eigenvalue weighted by Crippen LogP contribution is 2.25. The van der Waals surface area contributed by atoms with Crippen molar-refractivity contribution in [3.63, 3.8) is 0 Å². The van der Waals surface area contributed by atoms with Crippen molar-refractivity contribution in [3.8, 4) is 11.4 Å². The maximum atomic E-state index is 10.7. The van der Waals surface area contributed by atoms with E-state index in [0.717, 1.165) is 22.6 Å². The van der Waals surface area contributed by atoms with Crippen LogP contribution >= 0.6 is 11.6 Å². The molecule has 0 fully saturated rings. The summed E-state index contributed by atoms with van der Waals surface area (Å²) < 4.78 is 1.96. The number of fused-ring (bicyclic) bond motifs is 1. The van der Waals surface area contributed by atoms with E-state index in [1.54, 1.807) is 6.20 Å². The van der Waals surface area contributed by atoms with E-state index < -0.39 is 5.97 Å². The maximum absolute atomic E-state index is 10.7. The fourth-order valence-corrected chi connectivity index (χ4v) is 2.50. The van der Waals surface area contributed by atoms with Crippen molar-refractivity contribution < 1.29 is 9.90 Å². The second-order valence-electron chi connectivity index (χ2n) is 4.94. The van der Waals surface area contributed by atoms with Gasteiger partial charge in [-0.25, -0.2) is 9.97 Å². The highest BCUT2D eigenvalue weighted by Gasteiger charge is 2.13. The number of carboxylic acids is 1. The van der Waals surface area contributed by atoms with Gasteiger partial charge in [0, 0.05) is 29.7 Å². The van der Waals surface area contributed by atoms with Crippen molar-refractivity contribution >= 4 is 28.7 Å².